The number of benzene rings is 3. The molecule has 0 radical (unpaired) electrons. The molecule has 27 heavy (non-hydrogen) atoms. The minimum absolute atomic E-state index is 0.111. The molecule has 0 atom stereocenters. The molecule has 6 heteroatoms. The topological polar surface area (TPSA) is 68.0 Å². The molecule has 1 heterocycles. The van der Waals surface area contributed by atoms with E-state index in [1.807, 2.05) is 67.6 Å². The van der Waals surface area contributed by atoms with Gasteiger partial charge in [-0.1, -0.05) is 60.3 Å². The lowest BCUT2D eigenvalue weighted by atomic mass is 10.1. The van der Waals surface area contributed by atoms with Gasteiger partial charge in [0.05, 0.1) is 5.75 Å². The van der Waals surface area contributed by atoms with Crippen LogP contribution >= 0.6 is 11.8 Å². The third-order valence-corrected chi connectivity index (χ3v) is 4.97. The fourth-order valence-corrected chi connectivity index (χ4v) is 3.30. The van der Waals surface area contributed by atoms with Crippen LogP contribution in [-0.4, -0.2) is 21.9 Å². The number of rotatable bonds is 5. The summed E-state index contributed by atoms with van der Waals surface area (Å²) in [7, 11) is 0. The van der Waals surface area contributed by atoms with Gasteiger partial charge in [-0.2, -0.15) is 0 Å². The van der Waals surface area contributed by atoms with Crippen LogP contribution in [0.25, 0.3) is 22.2 Å². The molecule has 1 aromatic heterocycles. The van der Waals surface area contributed by atoms with Crippen molar-refractivity contribution in [1.82, 2.24) is 10.2 Å². The molecule has 0 saturated heterocycles. The minimum Gasteiger partial charge on any atom is -0.411 e. The first kappa shape index (κ1) is 17.3. The average Bonchev–Trinajstić information content (AvgIpc) is 3.17. The number of hydrogen-bond acceptors (Lipinski definition) is 5. The molecule has 0 bridgehead atoms. The number of aryl methyl sites for hydroxylation is 1. The number of aromatic nitrogens is 2. The summed E-state index contributed by atoms with van der Waals surface area (Å²) >= 11 is 1.22. The SMILES string of the molecule is Cc1ccccc1NC(=O)CSc1nnc(-c2ccc3ccccc3c2)o1. The van der Waals surface area contributed by atoms with Crippen molar-refractivity contribution in [3.05, 3.63) is 72.3 Å². The Labute approximate surface area is 160 Å². The van der Waals surface area contributed by atoms with Crippen molar-refractivity contribution in [2.75, 3.05) is 11.1 Å². The Hall–Kier alpha value is -3.12. The molecule has 134 valence electrons. The second kappa shape index (κ2) is 7.63. The Kier molecular flexibility index (Phi) is 4.89. The molecule has 0 aliphatic rings. The molecular weight excluding hydrogens is 358 g/mol. The van der Waals surface area contributed by atoms with E-state index in [4.69, 9.17) is 4.42 Å². The van der Waals surface area contributed by atoms with E-state index >= 15 is 0 Å². The second-order valence-electron chi connectivity index (χ2n) is 6.09. The summed E-state index contributed by atoms with van der Waals surface area (Å²) in [6.45, 7) is 1.95. The number of hydrogen-bond donors (Lipinski definition) is 1. The third kappa shape index (κ3) is 4.01. The zero-order valence-electron chi connectivity index (χ0n) is 14.7. The number of fused-ring (bicyclic) bond motifs is 1. The highest BCUT2D eigenvalue weighted by molar-refractivity contribution is 7.99. The number of amides is 1. The average molecular weight is 375 g/mol. The second-order valence-corrected chi connectivity index (χ2v) is 7.01. The Morgan fingerprint density at radius 2 is 1.78 bits per heavy atom. The molecule has 3 aromatic carbocycles. The lowest BCUT2D eigenvalue weighted by Gasteiger charge is -2.06. The summed E-state index contributed by atoms with van der Waals surface area (Å²) < 4.78 is 5.70. The Bertz CT molecular complexity index is 1110. The van der Waals surface area contributed by atoms with Gasteiger partial charge in [0.15, 0.2) is 0 Å². The highest BCUT2D eigenvalue weighted by Gasteiger charge is 2.12. The number of carbonyl (C=O) groups excluding carboxylic acids is 1. The molecule has 1 amide bonds. The Balaban J connectivity index is 1.41. The van der Waals surface area contributed by atoms with Gasteiger partial charge in [-0.25, -0.2) is 0 Å². The van der Waals surface area contributed by atoms with Crippen LogP contribution < -0.4 is 5.32 Å². The molecule has 0 saturated carbocycles. The molecule has 0 aliphatic carbocycles. The summed E-state index contributed by atoms with van der Waals surface area (Å²) in [5.41, 5.74) is 2.69. The number of nitrogens with one attached hydrogen (secondary N) is 1. The molecule has 0 fully saturated rings. The van der Waals surface area contributed by atoms with Crippen LogP contribution in [-0.2, 0) is 4.79 Å². The summed E-state index contributed by atoms with van der Waals surface area (Å²) in [6.07, 6.45) is 0. The number of para-hydroxylation sites is 1. The highest BCUT2D eigenvalue weighted by Crippen LogP contribution is 2.26. The molecule has 0 aliphatic heterocycles. The lowest BCUT2D eigenvalue weighted by Crippen LogP contribution is -2.14. The van der Waals surface area contributed by atoms with E-state index in [9.17, 15) is 4.79 Å². The van der Waals surface area contributed by atoms with Gasteiger partial charge in [0, 0.05) is 11.3 Å². The predicted octanol–water partition coefficient (Wildman–Crippen LogP) is 4.93. The van der Waals surface area contributed by atoms with Crippen LogP contribution in [0.4, 0.5) is 5.69 Å². The van der Waals surface area contributed by atoms with Crippen molar-refractivity contribution >= 4 is 34.1 Å². The number of carbonyl (C=O) groups is 1. The first-order valence-electron chi connectivity index (χ1n) is 8.50. The smallest absolute Gasteiger partial charge is 0.277 e. The summed E-state index contributed by atoms with van der Waals surface area (Å²) in [6, 6.07) is 21.8. The maximum Gasteiger partial charge on any atom is 0.277 e. The van der Waals surface area contributed by atoms with Crippen molar-refractivity contribution in [2.45, 2.75) is 12.1 Å². The highest BCUT2D eigenvalue weighted by atomic mass is 32.2. The summed E-state index contributed by atoms with van der Waals surface area (Å²) in [5, 5.41) is 13.7. The molecule has 1 N–H and O–H groups in total. The number of nitrogens with zero attached hydrogens (tertiary/aromatic N) is 2. The zero-order valence-corrected chi connectivity index (χ0v) is 15.5. The number of anilines is 1. The lowest BCUT2D eigenvalue weighted by molar-refractivity contribution is -0.113. The molecule has 0 unspecified atom stereocenters. The van der Waals surface area contributed by atoms with Crippen molar-refractivity contribution in [2.24, 2.45) is 0 Å². The van der Waals surface area contributed by atoms with Gasteiger partial charge in [-0.05, 0) is 41.5 Å². The summed E-state index contributed by atoms with van der Waals surface area (Å²) in [5.74, 6) is 0.538. The summed E-state index contributed by atoms with van der Waals surface area (Å²) in [4.78, 5) is 12.1. The Morgan fingerprint density at radius 3 is 2.63 bits per heavy atom. The van der Waals surface area contributed by atoms with Gasteiger partial charge in [0.25, 0.3) is 5.22 Å². The van der Waals surface area contributed by atoms with Crippen molar-refractivity contribution in [1.29, 1.82) is 0 Å². The van der Waals surface area contributed by atoms with Gasteiger partial charge >= 0.3 is 0 Å². The van der Waals surface area contributed by atoms with Gasteiger partial charge < -0.3 is 9.73 Å². The van der Waals surface area contributed by atoms with Gasteiger partial charge in [-0.15, -0.1) is 10.2 Å². The third-order valence-electron chi connectivity index (χ3n) is 4.15. The van der Waals surface area contributed by atoms with E-state index in [1.165, 1.54) is 11.8 Å². The van der Waals surface area contributed by atoms with Gasteiger partial charge in [0.1, 0.15) is 0 Å². The van der Waals surface area contributed by atoms with E-state index in [0.717, 1.165) is 27.6 Å². The fraction of sp³-hybridized carbons (Fsp3) is 0.0952. The van der Waals surface area contributed by atoms with Gasteiger partial charge in [-0.3, -0.25) is 4.79 Å². The number of thioether (sulfide) groups is 1. The van der Waals surface area contributed by atoms with Crippen molar-refractivity contribution in [3.63, 3.8) is 0 Å². The first-order valence-corrected chi connectivity index (χ1v) is 9.48. The minimum atomic E-state index is -0.111. The largest absolute Gasteiger partial charge is 0.411 e. The van der Waals surface area contributed by atoms with Crippen molar-refractivity contribution in [3.8, 4) is 11.5 Å². The monoisotopic (exact) mass is 375 g/mol. The van der Waals surface area contributed by atoms with Gasteiger partial charge in [0.2, 0.25) is 11.8 Å². The van der Waals surface area contributed by atoms with Crippen LogP contribution in [0.1, 0.15) is 5.56 Å². The van der Waals surface area contributed by atoms with Crippen LogP contribution in [0, 0.1) is 6.92 Å². The normalized spacial score (nSPS) is 10.9. The quantitative estimate of drug-likeness (QED) is 0.501. The van der Waals surface area contributed by atoms with Crippen LogP contribution in [0.5, 0.6) is 0 Å². The molecule has 4 rings (SSSR count). The molecule has 4 aromatic rings. The molecular formula is C21H17N3O2S. The standard InChI is InChI=1S/C21H17N3O2S/c1-14-6-2-5-9-18(14)22-19(25)13-27-21-24-23-20(26-21)17-11-10-15-7-3-4-8-16(15)12-17/h2-12H,13H2,1H3,(H,22,25). The molecule has 0 spiro atoms. The maximum atomic E-state index is 12.1. The maximum absolute atomic E-state index is 12.1. The fourth-order valence-electron chi connectivity index (χ4n) is 2.73. The van der Waals surface area contributed by atoms with E-state index in [1.54, 1.807) is 0 Å². The van der Waals surface area contributed by atoms with Crippen LogP contribution in [0.15, 0.2) is 76.4 Å². The predicted molar refractivity (Wildman–Crippen MR) is 108 cm³/mol. The zero-order chi connectivity index (χ0) is 18.6. The van der Waals surface area contributed by atoms with E-state index in [2.05, 4.69) is 21.6 Å². The van der Waals surface area contributed by atoms with E-state index in [0.29, 0.717) is 11.1 Å². The first-order chi connectivity index (χ1) is 13.2. The van der Waals surface area contributed by atoms with E-state index in [-0.39, 0.29) is 11.7 Å². The van der Waals surface area contributed by atoms with Crippen molar-refractivity contribution < 1.29 is 9.21 Å². The van der Waals surface area contributed by atoms with Crippen LogP contribution in [0.3, 0.4) is 0 Å². The molecule has 5 nitrogen and oxygen atoms in total. The van der Waals surface area contributed by atoms with E-state index < -0.39 is 0 Å². The Morgan fingerprint density at radius 1 is 1.00 bits per heavy atom. The van der Waals surface area contributed by atoms with Crippen LogP contribution in [0.2, 0.25) is 0 Å².